The van der Waals surface area contributed by atoms with Gasteiger partial charge in [-0.15, -0.1) is 0 Å². The quantitative estimate of drug-likeness (QED) is 0.448. The summed E-state index contributed by atoms with van der Waals surface area (Å²) in [5, 5.41) is 3.16. The van der Waals surface area contributed by atoms with Crippen molar-refractivity contribution in [2.24, 2.45) is 0 Å². The molecule has 0 bridgehead atoms. The summed E-state index contributed by atoms with van der Waals surface area (Å²) >= 11 is 0. The zero-order valence-corrected chi connectivity index (χ0v) is 20.8. The zero-order valence-electron chi connectivity index (χ0n) is 20.0. The second kappa shape index (κ2) is 10.0. The predicted molar refractivity (Wildman–Crippen MR) is 137 cm³/mol. The SMILES string of the molecule is CC[C@@H](NC(=O)c1cccc(NS(=O)(=O)c2ccc(C)cc2)c1C)c1ccc2c(c1)CCCC2. The number of aryl methyl sites for hydroxylation is 3. The summed E-state index contributed by atoms with van der Waals surface area (Å²) < 4.78 is 28.4. The van der Waals surface area contributed by atoms with Crippen molar-refractivity contribution in [2.45, 2.75) is 63.8 Å². The van der Waals surface area contributed by atoms with Gasteiger partial charge in [0.05, 0.1) is 16.6 Å². The first-order chi connectivity index (χ1) is 16.3. The Morgan fingerprint density at radius 1 is 0.941 bits per heavy atom. The van der Waals surface area contributed by atoms with Gasteiger partial charge in [0, 0.05) is 5.56 Å². The highest BCUT2D eigenvalue weighted by atomic mass is 32.2. The predicted octanol–water partition coefficient (Wildman–Crippen LogP) is 5.86. The fraction of sp³-hybridized carbons (Fsp3) is 0.321. The van der Waals surface area contributed by atoms with Gasteiger partial charge in [-0.3, -0.25) is 9.52 Å². The largest absolute Gasteiger partial charge is 0.345 e. The number of carbonyl (C=O) groups excluding carboxylic acids is 1. The maximum atomic E-state index is 13.2. The number of amides is 1. The van der Waals surface area contributed by atoms with Gasteiger partial charge in [0.1, 0.15) is 0 Å². The molecule has 1 amide bonds. The highest BCUT2D eigenvalue weighted by molar-refractivity contribution is 7.92. The molecule has 0 fully saturated rings. The Morgan fingerprint density at radius 2 is 1.65 bits per heavy atom. The van der Waals surface area contributed by atoms with E-state index in [2.05, 4.69) is 35.2 Å². The Morgan fingerprint density at radius 3 is 2.35 bits per heavy atom. The van der Waals surface area contributed by atoms with E-state index in [1.54, 1.807) is 49.4 Å². The third-order valence-corrected chi connectivity index (χ3v) is 8.02. The fourth-order valence-corrected chi connectivity index (χ4v) is 5.66. The lowest BCUT2D eigenvalue weighted by Crippen LogP contribution is -2.29. The van der Waals surface area contributed by atoms with Crippen LogP contribution in [-0.4, -0.2) is 14.3 Å². The minimum atomic E-state index is -3.76. The van der Waals surface area contributed by atoms with Gasteiger partial charge in [-0.25, -0.2) is 8.42 Å². The van der Waals surface area contributed by atoms with Gasteiger partial charge in [-0.2, -0.15) is 0 Å². The molecule has 0 heterocycles. The van der Waals surface area contributed by atoms with Crippen LogP contribution in [0.25, 0.3) is 0 Å². The van der Waals surface area contributed by atoms with Crippen LogP contribution in [0.1, 0.15) is 70.4 Å². The van der Waals surface area contributed by atoms with Crippen LogP contribution in [0, 0.1) is 13.8 Å². The lowest BCUT2D eigenvalue weighted by Gasteiger charge is -2.22. The Hall–Kier alpha value is -3.12. The minimum Gasteiger partial charge on any atom is -0.345 e. The van der Waals surface area contributed by atoms with Crippen LogP contribution in [0.3, 0.4) is 0 Å². The summed E-state index contributed by atoms with van der Waals surface area (Å²) in [6.45, 7) is 5.73. The van der Waals surface area contributed by atoms with E-state index in [0.717, 1.165) is 30.4 Å². The lowest BCUT2D eigenvalue weighted by molar-refractivity contribution is 0.0935. The van der Waals surface area contributed by atoms with Crippen molar-refractivity contribution < 1.29 is 13.2 Å². The fourth-order valence-electron chi connectivity index (χ4n) is 4.54. The van der Waals surface area contributed by atoms with Crippen molar-refractivity contribution in [3.8, 4) is 0 Å². The van der Waals surface area contributed by atoms with Gasteiger partial charge in [0.15, 0.2) is 0 Å². The third-order valence-electron chi connectivity index (χ3n) is 6.64. The molecule has 0 saturated carbocycles. The topological polar surface area (TPSA) is 75.3 Å². The van der Waals surface area contributed by atoms with Gasteiger partial charge in [-0.05, 0) is 92.5 Å². The molecule has 0 aliphatic heterocycles. The smallest absolute Gasteiger partial charge is 0.261 e. The summed E-state index contributed by atoms with van der Waals surface area (Å²) in [6.07, 6.45) is 5.44. The molecule has 4 rings (SSSR count). The van der Waals surface area contributed by atoms with Crippen LogP contribution in [-0.2, 0) is 22.9 Å². The first-order valence-corrected chi connectivity index (χ1v) is 13.4. The van der Waals surface area contributed by atoms with Crippen molar-refractivity contribution in [3.05, 3.63) is 94.0 Å². The van der Waals surface area contributed by atoms with Gasteiger partial charge in [-0.1, -0.05) is 48.9 Å². The number of fused-ring (bicyclic) bond motifs is 1. The van der Waals surface area contributed by atoms with Gasteiger partial charge in [0.25, 0.3) is 15.9 Å². The number of anilines is 1. The number of hydrogen-bond acceptors (Lipinski definition) is 3. The summed E-state index contributed by atoms with van der Waals surface area (Å²) in [4.78, 5) is 13.4. The van der Waals surface area contributed by atoms with E-state index in [0.29, 0.717) is 16.8 Å². The number of benzene rings is 3. The van der Waals surface area contributed by atoms with Gasteiger partial charge in [0.2, 0.25) is 0 Å². The Balaban J connectivity index is 1.54. The molecule has 178 valence electrons. The molecule has 34 heavy (non-hydrogen) atoms. The van der Waals surface area contributed by atoms with Crippen molar-refractivity contribution in [3.63, 3.8) is 0 Å². The molecule has 6 heteroatoms. The monoisotopic (exact) mass is 476 g/mol. The Bertz CT molecular complexity index is 1300. The second-order valence-electron chi connectivity index (χ2n) is 9.07. The molecule has 1 aliphatic rings. The average molecular weight is 477 g/mol. The molecule has 0 spiro atoms. The first kappa shape index (κ1) is 24.0. The lowest BCUT2D eigenvalue weighted by atomic mass is 9.88. The second-order valence-corrected chi connectivity index (χ2v) is 10.7. The summed E-state index contributed by atoms with van der Waals surface area (Å²) in [5.41, 5.74) is 6.36. The zero-order chi connectivity index (χ0) is 24.3. The van der Waals surface area contributed by atoms with Crippen molar-refractivity contribution in [2.75, 3.05) is 4.72 Å². The molecule has 0 unspecified atom stereocenters. The van der Waals surface area contributed by atoms with Crippen LogP contribution in [0.4, 0.5) is 5.69 Å². The molecular weight excluding hydrogens is 444 g/mol. The molecule has 3 aromatic carbocycles. The highest BCUT2D eigenvalue weighted by Gasteiger charge is 2.21. The first-order valence-electron chi connectivity index (χ1n) is 11.9. The van der Waals surface area contributed by atoms with Crippen LogP contribution in [0.2, 0.25) is 0 Å². The highest BCUT2D eigenvalue weighted by Crippen LogP contribution is 2.27. The van der Waals surface area contributed by atoms with Crippen LogP contribution in [0.5, 0.6) is 0 Å². The maximum Gasteiger partial charge on any atom is 0.261 e. The van der Waals surface area contributed by atoms with Gasteiger partial charge >= 0.3 is 0 Å². The number of rotatable bonds is 7. The van der Waals surface area contributed by atoms with Crippen molar-refractivity contribution >= 4 is 21.6 Å². The minimum absolute atomic E-state index is 0.105. The van der Waals surface area contributed by atoms with E-state index in [4.69, 9.17) is 0 Å². The summed E-state index contributed by atoms with van der Waals surface area (Å²) in [7, 11) is -3.76. The van der Waals surface area contributed by atoms with Crippen LogP contribution >= 0.6 is 0 Å². The number of sulfonamides is 1. The molecule has 0 radical (unpaired) electrons. The standard InChI is InChI=1S/C28H32N2O3S/c1-4-26(23-15-14-21-8-5-6-9-22(21)18-23)29-28(31)25-10-7-11-27(20(25)3)30-34(32,33)24-16-12-19(2)13-17-24/h7,10-18,26,30H,4-6,8-9H2,1-3H3,(H,29,31)/t26-/m1/s1. The number of carbonyl (C=O) groups is 1. The maximum absolute atomic E-state index is 13.2. The van der Waals surface area contributed by atoms with Gasteiger partial charge < -0.3 is 5.32 Å². The summed E-state index contributed by atoms with van der Waals surface area (Å²) in [5.74, 6) is -0.210. The van der Waals surface area contributed by atoms with Crippen LogP contribution in [0.15, 0.2) is 65.6 Å². The summed E-state index contributed by atoms with van der Waals surface area (Å²) in [6, 6.07) is 18.2. The van der Waals surface area contributed by atoms with Crippen molar-refractivity contribution in [1.82, 2.24) is 5.32 Å². The molecule has 2 N–H and O–H groups in total. The van der Waals surface area contributed by atoms with Crippen molar-refractivity contribution in [1.29, 1.82) is 0 Å². The third kappa shape index (κ3) is 5.17. The van der Waals surface area contributed by atoms with E-state index in [1.807, 2.05) is 6.92 Å². The van der Waals surface area contributed by atoms with E-state index in [1.165, 1.54) is 24.0 Å². The van der Waals surface area contributed by atoms with E-state index >= 15 is 0 Å². The molecule has 5 nitrogen and oxygen atoms in total. The number of hydrogen-bond donors (Lipinski definition) is 2. The molecular formula is C28H32N2O3S. The molecule has 0 aromatic heterocycles. The van der Waals surface area contributed by atoms with E-state index in [9.17, 15) is 13.2 Å². The normalized spacial score (nSPS) is 14.2. The average Bonchev–Trinajstić information content (AvgIpc) is 2.83. The molecule has 0 saturated heterocycles. The Labute approximate surface area is 202 Å². The molecule has 1 atom stereocenters. The Kier molecular flexibility index (Phi) is 7.08. The number of nitrogens with one attached hydrogen (secondary N) is 2. The van der Waals surface area contributed by atoms with Crippen LogP contribution < -0.4 is 10.0 Å². The van der Waals surface area contributed by atoms with E-state index in [-0.39, 0.29) is 16.8 Å². The molecule has 3 aromatic rings. The van der Waals surface area contributed by atoms with E-state index < -0.39 is 10.0 Å². The molecule has 1 aliphatic carbocycles.